The van der Waals surface area contributed by atoms with E-state index in [1.165, 1.54) is 6.42 Å². The summed E-state index contributed by atoms with van der Waals surface area (Å²) in [5.74, 6) is 1.70. The summed E-state index contributed by atoms with van der Waals surface area (Å²) >= 11 is 0. The number of aryl methyl sites for hydroxylation is 1. The van der Waals surface area contributed by atoms with E-state index in [1.54, 1.807) is 13.8 Å². The summed E-state index contributed by atoms with van der Waals surface area (Å²) in [6.45, 7) is 7.77. The third-order valence-corrected chi connectivity index (χ3v) is 5.67. The smallest absolute Gasteiger partial charge is 0.138 e. The molecule has 3 aliphatic heterocycles. The van der Waals surface area contributed by atoms with E-state index in [1.807, 2.05) is 29.2 Å². The maximum Gasteiger partial charge on any atom is 0.138 e. The fourth-order valence-corrected chi connectivity index (χ4v) is 4.24. The maximum atomic E-state index is 9.99. The number of nitrogens with one attached hydrogen (secondary N) is 1. The highest BCUT2D eigenvalue weighted by molar-refractivity contribution is 5.83. The minimum atomic E-state index is -0.900. The summed E-state index contributed by atoms with van der Waals surface area (Å²) in [6, 6.07) is 7.44. The van der Waals surface area contributed by atoms with Gasteiger partial charge in [0.25, 0.3) is 0 Å². The molecule has 0 spiro atoms. The molecule has 7 heteroatoms. The molecule has 2 bridgehead atoms. The minimum Gasteiger partial charge on any atom is -0.489 e. The number of ether oxygens (including phenoxy) is 1. The van der Waals surface area contributed by atoms with Crippen LogP contribution in [0, 0.1) is 6.92 Å². The Hall–Kier alpha value is -2.64. The van der Waals surface area contributed by atoms with Crippen LogP contribution in [0.5, 0.6) is 5.75 Å². The number of fused-ring (bicyclic) bond motifs is 3. The van der Waals surface area contributed by atoms with Crippen molar-refractivity contribution in [3.05, 3.63) is 42.4 Å². The van der Waals surface area contributed by atoms with Gasteiger partial charge in [0, 0.05) is 42.5 Å². The summed E-state index contributed by atoms with van der Waals surface area (Å²) in [4.78, 5) is 7.12. The van der Waals surface area contributed by atoms with Gasteiger partial charge in [-0.2, -0.15) is 5.10 Å². The quantitative estimate of drug-likeness (QED) is 0.693. The molecule has 6 rings (SSSR count). The molecule has 3 aliphatic rings. The van der Waals surface area contributed by atoms with Crippen LogP contribution in [0.1, 0.15) is 25.8 Å². The molecule has 3 fully saturated rings. The third kappa shape index (κ3) is 3.56. The van der Waals surface area contributed by atoms with E-state index in [4.69, 9.17) is 9.72 Å². The van der Waals surface area contributed by atoms with Gasteiger partial charge in [-0.25, -0.2) is 9.50 Å². The van der Waals surface area contributed by atoms with Crippen LogP contribution in [0.4, 0.5) is 5.82 Å². The number of nitrogens with zero attached hydrogens (tertiary/aromatic N) is 4. The number of hydrogen-bond acceptors (Lipinski definition) is 6. The lowest BCUT2D eigenvalue weighted by Crippen LogP contribution is -2.67. The van der Waals surface area contributed by atoms with Crippen molar-refractivity contribution < 1.29 is 9.84 Å². The van der Waals surface area contributed by atoms with E-state index < -0.39 is 5.60 Å². The average Bonchev–Trinajstić information content (AvgIpc) is 3.06. The number of anilines is 1. The first-order chi connectivity index (χ1) is 13.9. The zero-order valence-corrected chi connectivity index (χ0v) is 17.1. The van der Waals surface area contributed by atoms with Crippen molar-refractivity contribution in [1.29, 1.82) is 0 Å². The first-order valence-electron chi connectivity index (χ1n) is 10.2. The molecule has 0 radical (unpaired) electrons. The number of aromatic nitrogens is 3. The molecule has 29 heavy (non-hydrogen) atoms. The Morgan fingerprint density at radius 2 is 2.00 bits per heavy atom. The molecule has 2 atom stereocenters. The average molecular weight is 393 g/mol. The molecule has 2 N–H and O–H groups in total. The zero-order valence-electron chi connectivity index (χ0n) is 17.1. The number of aliphatic hydroxyl groups is 1. The molecule has 152 valence electrons. The largest absolute Gasteiger partial charge is 0.489 e. The standard InChI is InChI=1S/C22H27N5O2/c1-14-8-24-27-12-18(29-13-22(2,3)28)7-19(21(14)27)15-4-5-20(23-9-15)26-10-16-6-17(11-26)25-16/h4-5,7-9,12,16-17,25,28H,6,10-11,13H2,1-3H3. The van der Waals surface area contributed by atoms with Gasteiger partial charge in [-0.05, 0) is 51.0 Å². The Kier molecular flexibility index (Phi) is 4.26. The normalized spacial score (nSPS) is 21.3. The van der Waals surface area contributed by atoms with Crippen molar-refractivity contribution in [3.8, 4) is 16.9 Å². The molecule has 0 saturated carbocycles. The number of pyridine rings is 2. The van der Waals surface area contributed by atoms with Gasteiger partial charge in [0.05, 0.1) is 23.5 Å². The van der Waals surface area contributed by atoms with Crippen molar-refractivity contribution in [2.75, 3.05) is 24.6 Å². The SMILES string of the molecule is Cc1cnn2cc(OCC(C)(C)O)cc(-c3ccc(N4CC5CC(C4)N5)nc3)c12. The van der Waals surface area contributed by atoms with Crippen LogP contribution in [0.2, 0.25) is 0 Å². The van der Waals surface area contributed by atoms with Gasteiger partial charge < -0.3 is 20.1 Å². The Balaban J connectivity index is 1.47. The molecule has 0 aromatic carbocycles. The molecule has 6 heterocycles. The summed E-state index contributed by atoms with van der Waals surface area (Å²) in [5.41, 5.74) is 3.29. The molecule has 3 aromatic rings. The molecule has 2 unspecified atom stereocenters. The molecular formula is C22H27N5O2. The monoisotopic (exact) mass is 393 g/mol. The van der Waals surface area contributed by atoms with Gasteiger partial charge in [-0.1, -0.05) is 0 Å². The second kappa shape index (κ2) is 6.71. The van der Waals surface area contributed by atoms with Crippen molar-refractivity contribution in [2.45, 2.75) is 44.9 Å². The molecule has 3 saturated heterocycles. The van der Waals surface area contributed by atoms with Gasteiger partial charge >= 0.3 is 0 Å². The topological polar surface area (TPSA) is 74.9 Å². The predicted molar refractivity (Wildman–Crippen MR) is 112 cm³/mol. The van der Waals surface area contributed by atoms with Crippen molar-refractivity contribution in [1.82, 2.24) is 19.9 Å². The number of hydrogen-bond donors (Lipinski definition) is 2. The van der Waals surface area contributed by atoms with E-state index >= 15 is 0 Å². The van der Waals surface area contributed by atoms with Crippen LogP contribution < -0.4 is 15.0 Å². The Bertz CT molecular complexity index is 1020. The van der Waals surface area contributed by atoms with Crippen LogP contribution in [0.25, 0.3) is 16.6 Å². The van der Waals surface area contributed by atoms with Crippen LogP contribution in [-0.2, 0) is 0 Å². The minimum absolute atomic E-state index is 0.209. The zero-order chi connectivity index (χ0) is 20.2. The lowest BCUT2D eigenvalue weighted by Gasteiger charge is -2.48. The van der Waals surface area contributed by atoms with Gasteiger partial charge in [0.2, 0.25) is 0 Å². The third-order valence-electron chi connectivity index (χ3n) is 5.67. The Labute approximate surface area is 170 Å². The van der Waals surface area contributed by atoms with Crippen molar-refractivity contribution in [2.24, 2.45) is 0 Å². The fourth-order valence-electron chi connectivity index (χ4n) is 4.24. The van der Waals surface area contributed by atoms with E-state index in [0.29, 0.717) is 17.8 Å². The van der Waals surface area contributed by atoms with Crippen LogP contribution in [0.15, 0.2) is 36.8 Å². The van der Waals surface area contributed by atoms with Crippen LogP contribution in [0.3, 0.4) is 0 Å². The first-order valence-corrected chi connectivity index (χ1v) is 10.2. The summed E-state index contributed by atoms with van der Waals surface area (Å²) in [5, 5.41) is 18.0. The number of piperazine rings is 1. The van der Waals surface area contributed by atoms with E-state index in [9.17, 15) is 5.11 Å². The summed E-state index contributed by atoms with van der Waals surface area (Å²) < 4.78 is 7.67. The van der Waals surface area contributed by atoms with E-state index in [2.05, 4.69) is 34.4 Å². The predicted octanol–water partition coefficient (Wildman–Crippen LogP) is 2.40. The molecule has 7 nitrogen and oxygen atoms in total. The first kappa shape index (κ1) is 18.4. The van der Waals surface area contributed by atoms with Crippen molar-refractivity contribution in [3.63, 3.8) is 0 Å². The van der Waals surface area contributed by atoms with Crippen LogP contribution >= 0.6 is 0 Å². The Morgan fingerprint density at radius 1 is 1.24 bits per heavy atom. The highest BCUT2D eigenvalue weighted by Crippen LogP contribution is 2.32. The highest BCUT2D eigenvalue weighted by atomic mass is 16.5. The molecule has 0 aliphatic carbocycles. The van der Waals surface area contributed by atoms with E-state index in [0.717, 1.165) is 41.1 Å². The van der Waals surface area contributed by atoms with Gasteiger partial charge in [0.15, 0.2) is 0 Å². The van der Waals surface area contributed by atoms with Gasteiger partial charge in [-0.15, -0.1) is 0 Å². The maximum absolute atomic E-state index is 9.99. The second-order valence-electron chi connectivity index (χ2n) is 8.92. The number of rotatable bonds is 5. The highest BCUT2D eigenvalue weighted by Gasteiger charge is 2.36. The Morgan fingerprint density at radius 3 is 2.66 bits per heavy atom. The second-order valence-corrected chi connectivity index (χ2v) is 8.92. The molecule has 3 aromatic heterocycles. The van der Waals surface area contributed by atoms with E-state index in [-0.39, 0.29) is 6.61 Å². The van der Waals surface area contributed by atoms with Crippen LogP contribution in [-0.4, -0.2) is 57.1 Å². The van der Waals surface area contributed by atoms with Crippen molar-refractivity contribution >= 4 is 11.3 Å². The molecular weight excluding hydrogens is 366 g/mol. The molecule has 0 amide bonds. The lowest BCUT2D eigenvalue weighted by molar-refractivity contribution is 0.0283. The fraction of sp³-hybridized carbons (Fsp3) is 0.455. The number of piperidine rings is 1. The summed E-state index contributed by atoms with van der Waals surface area (Å²) in [6.07, 6.45) is 6.93. The van der Waals surface area contributed by atoms with Gasteiger partial charge in [0.1, 0.15) is 18.2 Å². The summed E-state index contributed by atoms with van der Waals surface area (Å²) in [7, 11) is 0. The van der Waals surface area contributed by atoms with Gasteiger partial charge in [-0.3, -0.25) is 0 Å². The lowest BCUT2D eigenvalue weighted by atomic mass is 9.91.